The number of hydrogen-bond acceptors (Lipinski definition) is 7. The zero-order valence-electron chi connectivity index (χ0n) is 19.0. The average Bonchev–Trinajstić information content (AvgIpc) is 3.26. The molecule has 0 radical (unpaired) electrons. The largest absolute Gasteiger partial charge is 0.486 e. The first-order valence-corrected chi connectivity index (χ1v) is 11.0. The smallest absolute Gasteiger partial charge is 0.282 e. The van der Waals surface area contributed by atoms with Gasteiger partial charge in [0.25, 0.3) is 17.5 Å². The van der Waals surface area contributed by atoms with E-state index >= 15 is 0 Å². The lowest BCUT2D eigenvalue weighted by Gasteiger charge is -2.27. The zero-order valence-corrected chi connectivity index (χ0v) is 19.0. The monoisotopic (exact) mass is 475 g/mol. The number of carbonyl (C=O) groups is 3. The van der Waals surface area contributed by atoms with Gasteiger partial charge >= 0.3 is 0 Å². The minimum Gasteiger partial charge on any atom is -0.486 e. The number of amides is 2. The zero-order chi connectivity index (χ0) is 24.9. The summed E-state index contributed by atoms with van der Waals surface area (Å²) in [5.74, 6) is -0.662. The lowest BCUT2D eigenvalue weighted by atomic mass is 10.1. The van der Waals surface area contributed by atoms with E-state index in [1.54, 1.807) is 13.0 Å². The molecule has 0 fully saturated rings. The van der Waals surface area contributed by atoms with Crippen LogP contribution < -0.4 is 9.47 Å². The maximum atomic E-state index is 13.2. The number of ketones is 1. The topological polar surface area (TPSA) is 121 Å². The third-order valence-electron chi connectivity index (χ3n) is 6.30. The molecule has 3 heterocycles. The van der Waals surface area contributed by atoms with Gasteiger partial charge in [0.05, 0.1) is 23.6 Å². The van der Waals surface area contributed by atoms with Crippen LogP contribution in [0.5, 0.6) is 11.5 Å². The van der Waals surface area contributed by atoms with Crippen molar-refractivity contribution < 1.29 is 28.8 Å². The molecule has 1 aromatic heterocycles. The molecule has 0 N–H and O–H groups in total. The summed E-state index contributed by atoms with van der Waals surface area (Å²) >= 11 is 0. The quantitative estimate of drug-likeness (QED) is 0.232. The van der Waals surface area contributed by atoms with Crippen molar-refractivity contribution in [2.75, 3.05) is 13.2 Å². The van der Waals surface area contributed by atoms with Gasteiger partial charge in [0, 0.05) is 23.0 Å². The van der Waals surface area contributed by atoms with Gasteiger partial charge in [-0.3, -0.25) is 29.4 Å². The molecular formula is C25H21N3O7. The van der Waals surface area contributed by atoms with Gasteiger partial charge in [0.15, 0.2) is 23.4 Å². The SMILES string of the molecule is Cc1cc(C(=O)CN2C(=O)c3cccc([N+](=O)[O-])c3C2=O)c(C)n1C[C@@H]1COc2ccccc2O1. The first kappa shape index (κ1) is 22.3. The van der Waals surface area contributed by atoms with E-state index in [9.17, 15) is 24.5 Å². The Balaban J connectivity index is 1.35. The number of aromatic nitrogens is 1. The number of benzene rings is 2. The normalized spacial score (nSPS) is 16.4. The molecule has 10 nitrogen and oxygen atoms in total. The van der Waals surface area contributed by atoms with Crippen LogP contribution in [0.4, 0.5) is 5.69 Å². The number of nitrogens with zero attached hydrogens (tertiary/aromatic N) is 3. The summed E-state index contributed by atoms with van der Waals surface area (Å²) in [6, 6.07) is 13.0. The molecule has 0 spiro atoms. The lowest BCUT2D eigenvalue weighted by molar-refractivity contribution is -0.385. The number of nitro groups is 1. The highest BCUT2D eigenvalue weighted by atomic mass is 16.6. The average molecular weight is 475 g/mol. The molecule has 10 heteroatoms. The standard InChI is InChI=1S/C25H21N3O7/c1-14-10-18(15(2)26(14)11-16-13-34-21-8-3-4-9-22(21)35-16)20(29)12-27-24(30)17-6-5-7-19(28(32)33)23(17)25(27)31/h3-10,16H,11-13H2,1-2H3/t16-/m1/s1. The van der Waals surface area contributed by atoms with Gasteiger partial charge in [-0.25, -0.2) is 0 Å². The molecule has 3 aromatic rings. The number of nitro benzene ring substituents is 1. The first-order chi connectivity index (χ1) is 16.8. The number of para-hydroxylation sites is 2. The molecular weight excluding hydrogens is 454 g/mol. The Kier molecular flexibility index (Phi) is 5.35. The predicted molar refractivity (Wildman–Crippen MR) is 123 cm³/mol. The fourth-order valence-electron chi connectivity index (χ4n) is 4.56. The molecule has 2 aliphatic rings. The number of ether oxygens (including phenoxy) is 2. The molecule has 2 aromatic carbocycles. The van der Waals surface area contributed by atoms with Crippen LogP contribution in [0, 0.1) is 24.0 Å². The molecule has 2 amide bonds. The summed E-state index contributed by atoms with van der Waals surface area (Å²) in [6.45, 7) is 3.92. The van der Waals surface area contributed by atoms with Crippen molar-refractivity contribution in [1.82, 2.24) is 9.47 Å². The fourth-order valence-corrected chi connectivity index (χ4v) is 4.56. The minimum absolute atomic E-state index is 0.0720. The van der Waals surface area contributed by atoms with E-state index in [2.05, 4.69) is 0 Å². The van der Waals surface area contributed by atoms with Crippen LogP contribution in [0.25, 0.3) is 0 Å². The fraction of sp³-hybridized carbons (Fsp3) is 0.240. The summed E-state index contributed by atoms with van der Waals surface area (Å²) < 4.78 is 13.7. The maximum absolute atomic E-state index is 13.2. The molecule has 0 saturated heterocycles. The number of fused-ring (bicyclic) bond motifs is 2. The maximum Gasteiger partial charge on any atom is 0.282 e. The number of aryl methyl sites for hydroxylation is 1. The van der Waals surface area contributed by atoms with Crippen molar-refractivity contribution in [3.05, 3.63) is 86.7 Å². The van der Waals surface area contributed by atoms with E-state index in [1.165, 1.54) is 18.2 Å². The molecule has 178 valence electrons. The summed E-state index contributed by atoms with van der Waals surface area (Å²) in [5, 5.41) is 11.3. The molecule has 0 bridgehead atoms. The Morgan fingerprint density at radius 3 is 2.57 bits per heavy atom. The number of hydrogen-bond donors (Lipinski definition) is 0. The predicted octanol–water partition coefficient (Wildman–Crippen LogP) is 3.33. The van der Waals surface area contributed by atoms with Crippen molar-refractivity contribution in [1.29, 1.82) is 0 Å². The summed E-state index contributed by atoms with van der Waals surface area (Å²) in [7, 11) is 0. The van der Waals surface area contributed by atoms with Gasteiger partial charge in [-0.05, 0) is 38.1 Å². The number of rotatable bonds is 6. The van der Waals surface area contributed by atoms with Gasteiger partial charge in [0.1, 0.15) is 12.2 Å². The second-order valence-corrected chi connectivity index (χ2v) is 8.47. The van der Waals surface area contributed by atoms with Gasteiger partial charge in [-0.1, -0.05) is 18.2 Å². The highest BCUT2D eigenvalue weighted by Gasteiger charge is 2.42. The second kappa shape index (κ2) is 8.39. The highest BCUT2D eigenvalue weighted by Crippen LogP contribution is 2.33. The Labute approximate surface area is 199 Å². The van der Waals surface area contributed by atoms with E-state index in [1.807, 2.05) is 35.8 Å². The number of imide groups is 1. The third-order valence-corrected chi connectivity index (χ3v) is 6.30. The van der Waals surface area contributed by atoms with Crippen LogP contribution in [0.3, 0.4) is 0 Å². The Hall–Kier alpha value is -4.47. The molecule has 2 aliphatic heterocycles. The summed E-state index contributed by atoms with van der Waals surface area (Å²) in [4.78, 5) is 50.1. The van der Waals surface area contributed by atoms with Crippen LogP contribution in [-0.4, -0.2) is 51.2 Å². The lowest BCUT2D eigenvalue weighted by Crippen LogP contribution is -2.35. The van der Waals surface area contributed by atoms with Crippen LogP contribution in [0.15, 0.2) is 48.5 Å². The summed E-state index contributed by atoms with van der Waals surface area (Å²) in [5.41, 5.74) is 1.03. The Bertz CT molecular complexity index is 1410. The van der Waals surface area contributed by atoms with Gasteiger partial charge in [-0.15, -0.1) is 0 Å². The van der Waals surface area contributed by atoms with E-state index in [0.29, 0.717) is 35.9 Å². The van der Waals surface area contributed by atoms with Crippen LogP contribution in [0.2, 0.25) is 0 Å². The van der Waals surface area contributed by atoms with E-state index < -0.39 is 34.8 Å². The van der Waals surface area contributed by atoms with Crippen molar-refractivity contribution in [2.24, 2.45) is 0 Å². The van der Waals surface area contributed by atoms with E-state index in [4.69, 9.17) is 9.47 Å². The van der Waals surface area contributed by atoms with E-state index in [-0.39, 0.29) is 17.2 Å². The molecule has 0 aliphatic carbocycles. The molecule has 0 unspecified atom stereocenters. The first-order valence-electron chi connectivity index (χ1n) is 11.0. The minimum atomic E-state index is -0.842. The van der Waals surface area contributed by atoms with Crippen molar-refractivity contribution in [3.63, 3.8) is 0 Å². The van der Waals surface area contributed by atoms with Crippen LogP contribution in [-0.2, 0) is 6.54 Å². The van der Waals surface area contributed by atoms with E-state index in [0.717, 1.165) is 10.6 Å². The molecule has 1 atom stereocenters. The van der Waals surface area contributed by atoms with Gasteiger partial charge in [-0.2, -0.15) is 0 Å². The molecule has 0 saturated carbocycles. The van der Waals surface area contributed by atoms with Crippen LogP contribution in [0.1, 0.15) is 42.5 Å². The number of Topliss-reactive ketones (excluding diaryl/α,β-unsaturated/α-hetero) is 1. The second-order valence-electron chi connectivity index (χ2n) is 8.47. The molecule has 5 rings (SSSR count). The van der Waals surface area contributed by atoms with Crippen molar-refractivity contribution in [2.45, 2.75) is 26.5 Å². The summed E-state index contributed by atoms with van der Waals surface area (Å²) in [6.07, 6.45) is -0.269. The number of carbonyl (C=O) groups excluding carboxylic acids is 3. The van der Waals surface area contributed by atoms with Crippen molar-refractivity contribution >= 4 is 23.3 Å². The van der Waals surface area contributed by atoms with Crippen molar-refractivity contribution in [3.8, 4) is 11.5 Å². The molecule has 35 heavy (non-hydrogen) atoms. The van der Waals surface area contributed by atoms with Gasteiger partial charge < -0.3 is 14.0 Å². The highest BCUT2D eigenvalue weighted by molar-refractivity contribution is 6.24. The van der Waals surface area contributed by atoms with Crippen LogP contribution >= 0.6 is 0 Å². The Morgan fingerprint density at radius 2 is 1.83 bits per heavy atom. The Morgan fingerprint density at radius 1 is 1.09 bits per heavy atom. The van der Waals surface area contributed by atoms with Gasteiger partial charge in [0.2, 0.25) is 0 Å². The third kappa shape index (κ3) is 3.72.